The number of benzene rings is 1. The lowest BCUT2D eigenvalue weighted by Crippen LogP contribution is -2.23. The standard InChI is InChI=1S/C19H20ClN5O/c1-13-17(18(20)25(23-13)15-7-3-2-4-8-15)19(26)21-11-14-12-24-10-6-5-9-16(24)22-14/h2-4,7-8,12H,5-6,9-11H2,1H3,(H,21,26). The molecule has 7 heteroatoms. The van der Waals surface area contributed by atoms with Crippen LogP contribution in [-0.4, -0.2) is 25.2 Å². The summed E-state index contributed by atoms with van der Waals surface area (Å²) in [6, 6.07) is 9.53. The predicted octanol–water partition coefficient (Wildman–Crippen LogP) is 3.30. The van der Waals surface area contributed by atoms with Crippen molar-refractivity contribution in [2.75, 3.05) is 0 Å². The zero-order valence-corrected chi connectivity index (χ0v) is 15.3. The fourth-order valence-electron chi connectivity index (χ4n) is 3.31. The van der Waals surface area contributed by atoms with E-state index in [1.165, 1.54) is 12.8 Å². The maximum Gasteiger partial charge on any atom is 0.256 e. The van der Waals surface area contributed by atoms with Gasteiger partial charge in [0.1, 0.15) is 11.0 Å². The summed E-state index contributed by atoms with van der Waals surface area (Å²) in [6.45, 7) is 3.17. The van der Waals surface area contributed by atoms with E-state index in [1.807, 2.05) is 36.5 Å². The number of nitrogens with zero attached hydrogens (tertiary/aromatic N) is 4. The number of hydrogen-bond acceptors (Lipinski definition) is 3. The van der Waals surface area contributed by atoms with E-state index in [1.54, 1.807) is 11.6 Å². The van der Waals surface area contributed by atoms with Gasteiger partial charge in [0.25, 0.3) is 5.91 Å². The second-order valence-corrected chi connectivity index (χ2v) is 6.84. The van der Waals surface area contributed by atoms with Crippen molar-refractivity contribution < 1.29 is 4.79 Å². The second-order valence-electron chi connectivity index (χ2n) is 6.48. The van der Waals surface area contributed by atoms with Crippen LogP contribution in [0.3, 0.4) is 0 Å². The van der Waals surface area contributed by atoms with Gasteiger partial charge in [-0.3, -0.25) is 4.79 Å². The van der Waals surface area contributed by atoms with Crippen LogP contribution in [-0.2, 0) is 19.5 Å². The summed E-state index contributed by atoms with van der Waals surface area (Å²) in [5, 5.41) is 7.65. The highest BCUT2D eigenvalue weighted by Gasteiger charge is 2.21. The van der Waals surface area contributed by atoms with Crippen LogP contribution in [0.15, 0.2) is 36.5 Å². The molecule has 0 spiro atoms. The van der Waals surface area contributed by atoms with Crippen LogP contribution in [0.4, 0.5) is 0 Å². The van der Waals surface area contributed by atoms with Gasteiger partial charge in [0.15, 0.2) is 0 Å². The second kappa shape index (κ2) is 6.96. The quantitative estimate of drug-likeness (QED) is 0.767. The first-order valence-corrected chi connectivity index (χ1v) is 9.15. The fourth-order valence-corrected chi connectivity index (χ4v) is 3.67. The highest BCUT2D eigenvalue weighted by molar-refractivity contribution is 6.33. The van der Waals surface area contributed by atoms with Crippen molar-refractivity contribution in [3.63, 3.8) is 0 Å². The third-order valence-electron chi connectivity index (χ3n) is 4.62. The smallest absolute Gasteiger partial charge is 0.256 e. The van der Waals surface area contributed by atoms with E-state index in [0.29, 0.717) is 23.0 Å². The molecule has 1 aliphatic rings. The fraction of sp³-hybridized carbons (Fsp3) is 0.316. The molecule has 0 unspecified atom stereocenters. The zero-order valence-electron chi connectivity index (χ0n) is 14.6. The van der Waals surface area contributed by atoms with Gasteiger partial charge in [0, 0.05) is 19.2 Å². The number of fused-ring (bicyclic) bond motifs is 1. The Labute approximate surface area is 156 Å². The molecule has 1 aliphatic heterocycles. The topological polar surface area (TPSA) is 64.7 Å². The SMILES string of the molecule is Cc1nn(-c2ccccc2)c(Cl)c1C(=O)NCc1cn2c(n1)CCCC2. The van der Waals surface area contributed by atoms with Gasteiger partial charge in [0.2, 0.25) is 0 Å². The normalized spacial score (nSPS) is 13.5. The molecular formula is C19H20ClN5O. The number of carbonyl (C=O) groups is 1. The van der Waals surface area contributed by atoms with Gasteiger partial charge in [-0.2, -0.15) is 5.10 Å². The van der Waals surface area contributed by atoms with Crippen LogP contribution in [0.25, 0.3) is 5.69 Å². The summed E-state index contributed by atoms with van der Waals surface area (Å²) in [4.78, 5) is 17.3. The minimum atomic E-state index is -0.236. The van der Waals surface area contributed by atoms with Crippen molar-refractivity contribution in [3.8, 4) is 5.69 Å². The average Bonchev–Trinajstić information content (AvgIpc) is 3.20. The Morgan fingerprint density at radius 3 is 2.85 bits per heavy atom. The van der Waals surface area contributed by atoms with Gasteiger partial charge in [-0.15, -0.1) is 0 Å². The zero-order chi connectivity index (χ0) is 18.1. The predicted molar refractivity (Wildman–Crippen MR) is 99.6 cm³/mol. The number of rotatable bonds is 4. The molecule has 134 valence electrons. The lowest BCUT2D eigenvalue weighted by Gasteiger charge is -2.11. The molecule has 0 bridgehead atoms. The number of hydrogen-bond donors (Lipinski definition) is 1. The maximum atomic E-state index is 12.7. The van der Waals surface area contributed by atoms with Crippen LogP contribution in [0.5, 0.6) is 0 Å². The lowest BCUT2D eigenvalue weighted by atomic mass is 10.2. The summed E-state index contributed by atoms with van der Waals surface area (Å²) in [7, 11) is 0. The van der Waals surface area contributed by atoms with E-state index in [4.69, 9.17) is 11.6 Å². The molecule has 1 N–H and O–H groups in total. The molecule has 1 aromatic carbocycles. The first-order valence-electron chi connectivity index (χ1n) is 8.77. The Morgan fingerprint density at radius 2 is 2.08 bits per heavy atom. The number of aryl methyl sites for hydroxylation is 3. The molecule has 6 nitrogen and oxygen atoms in total. The van der Waals surface area contributed by atoms with Crippen LogP contribution >= 0.6 is 11.6 Å². The highest BCUT2D eigenvalue weighted by Crippen LogP contribution is 2.23. The van der Waals surface area contributed by atoms with E-state index in [-0.39, 0.29) is 5.91 Å². The van der Waals surface area contributed by atoms with E-state index < -0.39 is 0 Å². The molecule has 0 fully saturated rings. The molecule has 3 heterocycles. The third-order valence-corrected chi connectivity index (χ3v) is 4.97. The highest BCUT2D eigenvalue weighted by atomic mass is 35.5. The summed E-state index contributed by atoms with van der Waals surface area (Å²) in [5.74, 6) is 0.868. The van der Waals surface area contributed by atoms with Gasteiger partial charge < -0.3 is 9.88 Å². The molecule has 1 amide bonds. The Kier molecular flexibility index (Phi) is 4.51. The number of amides is 1. The molecule has 0 radical (unpaired) electrons. The Balaban J connectivity index is 1.51. The van der Waals surface area contributed by atoms with Gasteiger partial charge in [0.05, 0.1) is 29.2 Å². The Bertz CT molecular complexity index is 921. The van der Waals surface area contributed by atoms with Gasteiger partial charge in [-0.25, -0.2) is 9.67 Å². The molecule has 4 rings (SSSR count). The van der Waals surface area contributed by atoms with Gasteiger partial charge in [-0.1, -0.05) is 29.8 Å². The van der Waals surface area contributed by atoms with Crippen LogP contribution in [0.1, 0.15) is 40.4 Å². The van der Waals surface area contributed by atoms with E-state index >= 15 is 0 Å². The summed E-state index contributed by atoms with van der Waals surface area (Å²) >= 11 is 6.44. The first-order chi connectivity index (χ1) is 12.6. The Morgan fingerprint density at radius 1 is 1.27 bits per heavy atom. The minimum Gasteiger partial charge on any atom is -0.346 e. The maximum absolute atomic E-state index is 12.7. The minimum absolute atomic E-state index is 0.236. The number of imidazole rings is 1. The number of aromatic nitrogens is 4. The van der Waals surface area contributed by atoms with Crippen molar-refractivity contribution >= 4 is 17.5 Å². The monoisotopic (exact) mass is 369 g/mol. The van der Waals surface area contributed by atoms with Gasteiger partial charge >= 0.3 is 0 Å². The van der Waals surface area contributed by atoms with Crippen LogP contribution in [0, 0.1) is 6.92 Å². The molecule has 3 aromatic rings. The molecular weight excluding hydrogens is 350 g/mol. The first kappa shape index (κ1) is 16.8. The van der Waals surface area contributed by atoms with Crippen LogP contribution < -0.4 is 5.32 Å². The van der Waals surface area contributed by atoms with E-state index in [9.17, 15) is 4.79 Å². The van der Waals surface area contributed by atoms with Crippen molar-refractivity contribution in [1.82, 2.24) is 24.6 Å². The van der Waals surface area contributed by atoms with E-state index in [2.05, 4.69) is 20.0 Å². The molecule has 0 atom stereocenters. The van der Waals surface area contributed by atoms with Gasteiger partial charge in [-0.05, 0) is 31.9 Å². The van der Waals surface area contributed by atoms with Crippen molar-refractivity contribution in [3.05, 3.63) is 64.5 Å². The average molecular weight is 370 g/mol. The molecule has 0 saturated heterocycles. The van der Waals surface area contributed by atoms with Crippen molar-refractivity contribution in [1.29, 1.82) is 0 Å². The van der Waals surface area contributed by atoms with Crippen LogP contribution in [0.2, 0.25) is 5.15 Å². The van der Waals surface area contributed by atoms with E-state index in [0.717, 1.165) is 30.2 Å². The lowest BCUT2D eigenvalue weighted by molar-refractivity contribution is 0.0950. The molecule has 0 aliphatic carbocycles. The largest absolute Gasteiger partial charge is 0.346 e. The Hall–Kier alpha value is -2.60. The van der Waals surface area contributed by atoms with Crippen molar-refractivity contribution in [2.45, 2.75) is 39.3 Å². The number of para-hydroxylation sites is 1. The number of halogens is 1. The number of nitrogens with one attached hydrogen (secondary N) is 1. The molecule has 0 saturated carbocycles. The molecule has 26 heavy (non-hydrogen) atoms. The summed E-state index contributed by atoms with van der Waals surface area (Å²) in [5.41, 5.74) is 2.70. The third kappa shape index (κ3) is 3.12. The summed E-state index contributed by atoms with van der Waals surface area (Å²) < 4.78 is 3.76. The summed E-state index contributed by atoms with van der Waals surface area (Å²) in [6.07, 6.45) is 5.39. The van der Waals surface area contributed by atoms with Crippen molar-refractivity contribution in [2.24, 2.45) is 0 Å². The number of carbonyl (C=O) groups excluding carboxylic acids is 1. The molecule has 2 aromatic heterocycles.